The molecule has 1 unspecified atom stereocenters. The van der Waals surface area contributed by atoms with Gasteiger partial charge in [-0.15, -0.1) is 0 Å². The van der Waals surface area contributed by atoms with Crippen LogP contribution in [0.15, 0.2) is 90.1 Å². The lowest BCUT2D eigenvalue weighted by Gasteiger charge is -2.38. The number of Topliss-reactive ketones (excluding diaryl/α,β-unsaturated/α-hetero) is 1. The Morgan fingerprint density at radius 2 is 1.64 bits per heavy atom. The molecule has 1 N–H and O–H groups in total. The average Bonchev–Trinajstić information content (AvgIpc) is 2.92. The number of hydrogen-bond donors (Lipinski definition) is 1. The Balaban J connectivity index is 1.69. The maximum atomic E-state index is 13.7. The molecule has 1 heterocycles. The van der Waals surface area contributed by atoms with Gasteiger partial charge in [0, 0.05) is 29.3 Å². The van der Waals surface area contributed by atoms with E-state index in [1.165, 1.54) is 5.56 Å². The molecule has 2 aliphatic rings. The van der Waals surface area contributed by atoms with Crippen molar-refractivity contribution in [2.45, 2.75) is 39.2 Å². The minimum atomic E-state index is -0.239. The summed E-state index contributed by atoms with van der Waals surface area (Å²) in [7, 11) is 0. The fraction of sp³-hybridized carbons (Fsp3) is 0.276. The molecule has 3 aromatic rings. The van der Waals surface area contributed by atoms with Gasteiger partial charge in [-0.3, -0.25) is 4.79 Å². The van der Waals surface area contributed by atoms with Crippen molar-refractivity contribution >= 4 is 28.8 Å². The molecule has 1 atom stereocenters. The number of carbonyl (C=O) groups is 1. The van der Waals surface area contributed by atoms with Gasteiger partial charge >= 0.3 is 0 Å². The van der Waals surface area contributed by atoms with E-state index in [0.29, 0.717) is 11.4 Å². The zero-order valence-electron chi connectivity index (χ0n) is 19.1. The van der Waals surface area contributed by atoms with Gasteiger partial charge in [-0.2, -0.15) is 0 Å². The monoisotopic (exact) mass is 456 g/mol. The van der Waals surface area contributed by atoms with Crippen molar-refractivity contribution in [1.29, 1.82) is 0 Å². The summed E-state index contributed by atoms with van der Waals surface area (Å²) in [5, 5.41) is 4.36. The van der Waals surface area contributed by atoms with Crippen LogP contribution >= 0.6 is 11.6 Å². The Morgan fingerprint density at radius 1 is 0.939 bits per heavy atom. The van der Waals surface area contributed by atoms with Gasteiger partial charge in [0.15, 0.2) is 5.78 Å². The number of nitrogens with one attached hydrogen (secondary N) is 1. The van der Waals surface area contributed by atoms with E-state index >= 15 is 0 Å². The summed E-state index contributed by atoms with van der Waals surface area (Å²) in [5.41, 5.74) is 6.18. The van der Waals surface area contributed by atoms with Gasteiger partial charge in [0.1, 0.15) is 0 Å². The van der Waals surface area contributed by atoms with Crippen LogP contribution in [-0.4, -0.2) is 12.3 Å². The van der Waals surface area contributed by atoms with Crippen molar-refractivity contribution in [3.05, 3.63) is 106 Å². The zero-order valence-corrected chi connectivity index (χ0v) is 19.9. The van der Waals surface area contributed by atoms with Gasteiger partial charge < -0.3 is 10.2 Å². The maximum Gasteiger partial charge on any atom is 0.163 e. The smallest absolute Gasteiger partial charge is 0.163 e. The molecule has 0 aromatic heterocycles. The highest BCUT2D eigenvalue weighted by Gasteiger charge is 2.41. The molecule has 1 aliphatic carbocycles. The maximum absolute atomic E-state index is 13.7. The SMILES string of the molecule is CC1(C)CC(=O)C2=C(C1)Nc1ccccc1N(CCc1ccccc1)C2c1ccccc1Cl. The van der Waals surface area contributed by atoms with Crippen LogP contribution in [0.3, 0.4) is 0 Å². The number of benzene rings is 3. The molecule has 0 amide bonds. The quantitative estimate of drug-likeness (QED) is 0.450. The minimum Gasteiger partial charge on any atom is -0.358 e. The number of allylic oxidation sites excluding steroid dienone is 1. The molecule has 3 nitrogen and oxygen atoms in total. The van der Waals surface area contributed by atoms with E-state index in [0.717, 1.165) is 47.6 Å². The molecular weight excluding hydrogens is 428 g/mol. The lowest BCUT2D eigenvalue weighted by atomic mass is 9.73. The summed E-state index contributed by atoms with van der Waals surface area (Å²) in [6.45, 7) is 5.11. The predicted octanol–water partition coefficient (Wildman–Crippen LogP) is 7.20. The van der Waals surface area contributed by atoms with Crippen LogP contribution in [0.1, 0.15) is 43.9 Å². The Kier molecular flexibility index (Phi) is 5.76. The first-order chi connectivity index (χ1) is 15.9. The van der Waals surface area contributed by atoms with Crippen LogP contribution in [0.5, 0.6) is 0 Å². The number of rotatable bonds is 4. The number of anilines is 2. The third-order valence-electron chi connectivity index (χ3n) is 6.69. The van der Waals surface area contributed by atoms with Crippen LogP contribution in [-0.2, 0) is 11.2 Å². The van der Waals surface area contributed by atoms with Crippen LogP contribution in [0.4, 0.5) is 11.4 Å². The van der Waals surface area contributed by atoms with E-state index in [1.807, 2.05) is 30.3 Å². The Labute approximate surface area is 201 Å². The standard InChI is InChI=1S/C29H29ClN2O/c1-29(2)18-24-27(26(33)19-29)28(21-12-6-7-13-22(21)30)32(17-16-20-10-4-3-5-11-20)25-15-9-8-14-23(25)31-24/h3-15,28,31H,16-19H2,1-2H3. The molecule has 0 bridgehead atoms. The second-order valence-electron chi connectivity index (χ2n) is 9.83. The topological polar surface area (TPSA) is 32.3 Å². The summed E-state index contributed by atoms with van der Waals surface area (Å²) in [5.74, 6) is 0.205. The van der Waals surface area contributed by atoms with Crippen molar-refractivity contribution in [2.75, 3.05) is 16.8 Å². The number of para-hydroxylation sites is 2. The van der Waals surface area contributed by atoms with E-state index < -0.39 is 0 Å². The van der Waals surface area contributed by atoms with E-state index in [-0.39, 0.29) is 17.2 Å². The Morgan fingerprint density at radius 3 is 2.42 bits per heavy atom. The highest BCUT2D eigenvalue weighted by molar-refractivity contribution is 6.31. The van der Waals surface area contributed by atoms with Crippen molar-refractivity contribution in [1.82, 2.24) is 0 Å². The summed E-state index contributed by atoms with van der Waals surface area (Å²) in [4.78, 5) is 16.1. The lowest BCUT2D eigenvalue weighted by molar-refractivity contribution is -0.118. The summed E-state index contributed by atoms with van der Waals surface area (Å²) in [6, 6.07) is 26.6. The number of hydrogen-bond acceptors (Lipinski definition) is 3. The number of nitrogens with zero attached hydrogens (tertiary/aromatic N) is 1. The second kappa shape index (κ2) is 8.72. The number of carbonyl (C=O) groups excluding carboxylic acids is 1. The van der Waals surface area contributed by atoms with E-state index in [9.17, 15) is 4.79 Å². The summed E-state index contributed by atoms with van der Waals surface area (Å²) in [6.07, 6.45) is 2.24. The van der Waals surface area contributed by atoms with Gasteiger partial charge in [0.25, 0.3) is 0 Å². The molecule has 3 aromatic carbocycles. The molecule has 0 saturated heterocycles. The van der Waals surface area contributed by atoms with E-state index in [2.05, 4.69) is 72.6 Å². The predicted molar refractivity (Wildman–Crippen MR) is 137 cm³/mol. The van der Waals surface area contributed by atoms with Crippen molar-refractivity contribution in [2.24, 2.45) is 5.41 Å². The number of ketones is 1. The highest BCUT2D eigenvalue weighted by Crippen LogP contribution is 2.49. The molecule has 0 fully saturated rings. The van der Waals surface area contributed by atoms with Crippen LogP contribution in [0.2, 0.25) is 5.02 Å². The van der Waals surface area contributed by atoms with Crippen molar-refractivity contribution in [3.8, 4) is 0 Å². The molecule has 4 heteroatoms. The lowest BCUT2D eigenvalue weighted by Crippen LogP contribution is -2.37. The molecular formula is C29H29ClN2O. The van der Waals surface area contributed by atoms with E-state index in [4.69, 9.17) is 11.6 Å². The molecule has 33 heavy (non-hydrogen) atoms. The molecule has 5 rings (SSSR count). The fourth-order valence-electron chi connectivity index (χ4n) is 5.21. The van der Waals surface area contributed by atoms with Gasteiger partial charge in [0.05, 0.1) is 17.4 Å². The van der Waals surface area contributed by atoms with Crippen molar-refractivity contribution < 1.29 is 4.79 Å². The van der Waals surface area contributed by atoms with Crippen molar-refractivity contribution in [3.63, 3.8) is 0 Å². The van der Waals surface area contributed by atoms with Crippen LogP contribution in [0.25, 0.3) is 0 Å². The van der Waals surface area contributed by atoms with Gasteiger partial charge in [-0.1, -0.05) is 86.1 Å². The number of fused-ring (bicyclic) bond motifs is 1. The number of halogens is 1. The molecule has 1 aliphatic heterocycles. The first-order valence-electron chi connectivity index (χ1n) is 11.6. The van der Waals surface area contributed by atoms with Gasteiger partial charge in [-0.05, 0) is 47.6 Å². The Hall–Kier alpha value is -3.04. The van der Waals surface area contributed by atoms with Gasteiger partial charge in [0.2, 0.25) is 0 Å². The zero-order chi connectivity index (χ0) is 23.0. The van der Waals surface area contributed by atoms with E-state index in [1.54, 1.807) is 0 Å². The Bertz CT molecular complexity index is 1220. The summed E-state index contributed by atoms with van der Waals surface area (Å²) < 4.78 is 0. The van der Waals surface area contributed by atoms with Crippen LogP contribution < -0.4 is 10.2 Å². The first-order valence-corrected chi connectivity index (χ1v) is 12.0. The molecule has 0 saturated carbocycles. The molecule has 0 radical (unpaired) electrons. The first kappa shape index (κ1) is 21.8. The third kappa shape index (κ3) is 4.30. The normalized spacial score (nSPS) is 19.4. The second-order valence-corrected chi connectivity index (χ2v) is 10.2. The third-order valence-corrected chi connectivity index (χ3v) is 7.03. The minimum absolute atomic E-state index is 0.0812. The molecule has 168 valence electrons. The fourth-order valence-corrected chi connectivity index (χ4v) is 5.45. The summed E-state index contributed by atoms with van der Waals surface area (Å²) >= 11 is 6.77. The molecule has 0 spiro atoms. The van der Waals surface area contributed by atoms with Crippen LogP contribution in [0, 0.1) is 5.41 Å². The van der Waals surface area contributed by atoms with Gasteiger partial charge in [-0.25, -0.2) is 0 Å². The highest BCUT2D eigenvalue weighted by atomic mass is 35.5. The average molecular weight is 457 g/mol. The largest absolute Gasteiger partial charge is 0.358 e.